The lowest BCUT2D eigenvalue weighted by Crippen LogP contribution is -2.34. The van der Waals surface area contributed by atoms with Crippen molar-refractivity contribution in [3.8, 4) is 0 Å². The van der Waals surface area contributed by atoms with E-state index >= 15 is 0 Å². The Labute approximate surface area is 122 Å². The fraction of sp³-hybridized carbons (Fsp3) is 0.333. The summed E-state index contributed by atoms with van der Waals surface area (Å²) in [6.07, 6.45) is -0.212. The SMILES string of the molecule is COC(=O)C(I)CNC(=O)Cc1ccc(F)cc1F. The molecule has 7 heteroatoms. The first-order valence-electron chi connectivity index (χ1n) is 5.36. The molecule has 0 aliphatic carbocycles. The first kappa shape index (κ1) is 15.8. The highest BCUT2D eigenvalue weighted by atomic mass is 127. The molecule has 0 aliphatic heterocycles. The van der Waals surface area contributed by atoms with E-state index in [9.17, 15) is 18.4 Å². The highest BCUT2D eigenvalue weighted by Gasteiger charge is 2.16. The zero-order valence-electron chi connectivity index (χ0n) is 10.1. The van der Waals surface area contributed by atoms with Gasteiger partial charge in [-0.05, 0) is 11.6 Å². The number of alkyl halides is 1. The van der Waals surface area contributed by atoms with Gasteiger partial charge in [-0.1, -0.05) is 28.7 Å². The summed E-state index contributed by atoms with van der Waals surface area (Å²) in [5.41, 5.74) is 0.0991. The van der Waals surface area contributed by atoms with Crippen LogP contribution in [0.3, 0.4) is 0 Å². The van der Waals surface area contributed by atoms with E-state index in [0.29, 0.717) is 0 Å². The van der Waals surface area contributed by atoms with E-state index < -0.39 is 27.4 Å². The van der Waals surface area contributed by atoms with Gasteiger partial charge >= 0.3 is 5.97 Å². The van der Waals surface area contributed by atoms with E-state index in [4.69, 9.17) is 0 Å². The minimum absolute atomic E-state index is 0.0921. The van der Waals surface area contributed by atoms with Crippen molar-refractivity contribution in [3.63, 3.8) is 0 Å². The van der Waals surface area contributed by atoms with E-state index in [2.05, 4.69) is 10.1 Å². The molecule has 1 aromatic carbocycles. The van der Waals surface area contributed by atoms with Crippen molar-refractivity contribution in [2.75, 3.05) is 13.7 Å². The molecule has 0 aliphatic rings. The van der Waals surface area contributed by atoms with Gasteiger partial charge < -0.3 is 10.1 Å². The van der Waals surface area contributed by atoms with Crippen molar-refractivity contribution in [1.29, 1.82) is 0 Å². The van der Waals surface area contributed by atoms with Gasteiger partial charge in [0.25, 0.3) is 0 Å². The number of hydrogen-bond donors (Lipinski definition) is 1. The Morgan fingerprint density at radius 3 is 2.68 bits per heavy atom. The van der Waals surface area contributed by atoms with Crippen molar-refractivity contribution in [3.05, 3.63) is 35.4 Å². The maximum atomic E-state index is 13.3. The Morgan fingerprint density at radius 1 is 1.42 bits per heavy atom. The van der Waals surface area contributed by atoms with E-state index in [-0.39, 0.29) is 18.5 Å². The van der Waals surface area contributed by atoms with Crippen LogP contribution in [0.4, 0.5) is 8.78 Å². The minimum Gasteiger partial charge on any atom is -0.468 e. The molecule has 0 saturated heterocycles. The summed E-state index contributed by atoms with van der Waals surface area (Å²) < 4.78 is 30.0. The Hall–Kier alpha value is -1.25. The van der Waals surface area contributed by atoms with Crippen molar-refractivity contribution >= 4 is 34.5 Å². The van der Waals surface area contributed by atoms with Gasteiger partial charge in [-0.15, -0.1) is 0 Å². The van der Waals surface area contributed by atoms with Crippen LogP contribution < -0.4 is 5.32 Å². The maximum Gasteiger partial charge on any atom is 0.320 e. The van der Waals surface area contributed by atoms with Crippen LogP contribution in [0.15, 0.2) is 18.2 Å². The average Bonchev–Trinajstić information content (AvgIpc) is 2.38. The van der Waals surface area contributed by atoms with Crippen LogP contribution in [0.5, 0.6) is 0 Å². The van der Waals surface area contributed by atoms with Gasteiger partial charge in [0.2, 0.25) is 5.91 Å². The molecule has 1 N–H and O–H groups in total. The van der Waals surface area contributed by atoms with Crippen LogP contribution in [0.25, 0.3) is 0 Å². The fourth-order valence-electron chi connectivity index (χ4n) is 1.32. The lowest BCUT2D eigenvalue weighted by Gasteiger charge is -2.09. The third kappa shape index (κ3) is 5.09. The summed E-state index contributed by atoms with van der Waals surface area (Å²) in [5, 5.41) is 2.48. The zero-order chi connectivity index (χ0) is 14.4. The molecule has 0 saturated carbocycles. The molecule has 1 atom stereocenters. The maximum absolute atomic E-state index is 13.3. The van der Waals surface area contributed by atoms with Crippen molar-refractivity contribution in [2.24, 2.45) is 0 Å². The number of ether oxygens (including phenoxy) is 1. The molecule has 0 radical (unpaired) electrons. The van der Waals surface area contributed by atoms with Gasteiger partial charge in [-0.3, -0.25) is 9.59 Å². The molecule has 0 bridgehead atoms. The Kier molecular flexibility index (Phi) is 6.13. The second kappa shape index (κ2) is 7.37. The lowest BCUT2D eigenvalue weighted by atomic mass is 10.1. The summed E-state index contributed by atoms with van der Waals surface area (Å²) in [6.45, 7) is 0.0921. The number of rotatable bonds is 5. The normalized spacial score (nSPS) is 11.8. The van der Waals surface area contributed by atoms with Gasteiger partial charge in [0.05, 0.1) is 13.5 Å². The number of carbonyl (C=O) groups excluding carboxylic acids is 2. The molecule has 4 nitrogen and oxygen atoms in total. The van der Waals surface area contributed by atoms with Gasteiger partial charge in [0.1, 0.15) is 15.6 Å². The Balaban J connectivity index is 2.49. The number of hydrogen-bond acceptors (Lipinski definition) is 3. The highest BCUT2D eigenvalue weighted by molar-refractivity contribution is 14.1. The van der Waals surface area contributed by atoms with Crippen LogP contribution in [0, 0.1) is 11.6 Å². The first-order chi connectivity index (χ1) is 8.93. The standard InChI is InChI=1S/C12H12F2INO3/c1-19-12(18)10(15)6-16-11(17)4-7-2-3-8(13)5-9(7)14/h2-3,5,10H,4,6H2,1H3,(H,16,17). The zero-order valence-corrected chi connectivity index (χ0v) is 12.2. The smallest absolute Gasteiger partial charge is 0.320 e. The van der Waals surface area contributed by atoms with Crippen LogP contribution >= 0.6 is 22.6 Å². The monoisotopic (exact) mass is 383 g/mol. The number of methoxy groups -OCH3 is 1. The molecule has 0 spiro atoms. The fourth-order valence-corrected chi connectivity index (χ4v) is 1.79. The van der Waals surface area contributed by atoms with Crippen LogP contribution in [0.2, 0.25) is 0 Å². The van der Waals surface area contributed by atoms with Crippen molar-refractivity contribution < 1.29 is 23.1 Å². The third-order valence-electron chi connectivity index (χ3n) is 2.30. The predicted octanol–water partition coefficient (Wildman–Crippen LogP) is 1.60. The van der Waals surface area contributed by atoms with Crippen LogP contribution in [-0.4, -0.2) is 29.5 Å². The van der Waals surface area contributed by atoms with E-state index in [0.717, 1.165) is 12.1 Å². The summed E-state index contributed by atoms with van der Waals surface area (Å²) in [4.78, 5) is 22.6. The second-order valence-electron chi connectivity index (χ2n) is 3.71. The number of esters is 1. The predicted molar refractivity (Wildman–Crippen MR) is 72.9 cm³/mol. The highest BCUT2D eigenvalue weighted by Crippen LogP contribution is 2.10. The summed E-state index contributed by atoms with van der Waals surface area (Å²) in [6, 6.07) is 3.02. The minimum atomic E-state index is -0.769. The van der Waals surface area contributed by atoms with E-state index in [1.807, 2.05) is 22.6 Å². The molecule has 0 aromatic heterocycles. The van der Waals surface area contributed by atoms with Crippen molar-refractivity contribution in [1.82, 2.24) is 5.32 Å². The van der Waals surface area contributed by atoms with Crippen LogP contribution in [0.1, 0.15) is 5.56 Å². The molecular formula is C12H12F2INO3. The molecule has 104 valence electrons. The number of benzene rings is 1. The lowest BCUT2D eigenvalue weighted by molar-refractivity contribution is -0.139. The number of halogens is 3. The quantitative estimate of drug-likeness (QED) is 0.478. The largest absolute Gasteiger partial charge is 0.468 e. The average molecular weight is 383 g/mol. The molecular weight excluding hydrogens is 371 g/mol. The Bertz CT molecular complexity index is 482. The molecule has 0 fully saturated rings. The number of amides is 1. The van der Waals surface area contributed by atoms with Gasteiger partial charge in [0, 0.05) is 12.6 Å². The summed E-state index contributed by atoms with van der Waals surface area (Å²) in [5.74, 6) is -2.36. The van der Waals surface area contributed by atoms with Crippen molar-refractivity contribution in [2.45, 2.75) is 10.3 Å². The molecule has 1 amide bonds. The molecule has 0 heterocycles. The van der Waals surface area contributed by atoms with E-state index in [1.54, 1.807) is 0 Å². The number of nitrogens with one attached hydrogen (secondary N) is 1. The summed E-state index contributed by atoms with van der Waals surface area (Å²) >= 11 is 1.83. The number of carbonyl (C=O) groups is 2. The van der Waals surface area contributed by atoms with Gasteiger partial charge in [-0.25, -0.2) is 8.78 Å². The third-order valence-corrected chi connectivity index (χ3v) is 3.25. The molecule has 19 heavy (non-hydrogen) atoms. The second-order valence-corrected chi connectivity index (χ2v) is 5.21. The Morgan fingerprint density at radius 2 is 2.11 bits per heavy atom. The van der Waals surface area contributed by atoms with Gasteiger partial charge in [-0.2, -0.15) is 0 Å². The van der Waals surface area contributed by atoms with Crippen LogP contribution in [-0.2, 0) is 20.7 Å². The van der Waals surface area contributed by atoms with Gasteiger partial charge in [0.15, 0.2) is 0 Å². The summed E-state index contributed by atoms with van der Waals surface area (Å²) in [7, 11) is 1.25. The topological polar surface area (TPSA) is 55.4 Å². The van der Waals surface area contributed by atoms with E-state index in [1.165, 1.54) is 13.2 Å². The molecule has 1 aromatic rings. The molecule has 1 unspecified atom stereocenters. The molecule has 1 rings (SSSR count). The first-order valence-corrected chi connectivity index (χ1v) is 6.61.